The summed E-state index contributed by atoms with van der Waals surface area (Å²) in [5.41, 5.74) is 1.42. The summed E-state index contributed by atoms with van der Waals surface area (Å²) in [4.78, 5) is 12.8. The van der Waals surface area contributed by atoms with E-state index in [0.717, 1.165) is 31.6 Å². The van der Waals surface area contributed by atoms with Crippen LogP contribution in [0.25, 0.3) is 0 Å². The first-order chi connectivity index (χ1) is 8.72. The average Bonchev–Trinajstić information content (AvgIpc) is 2.32. The Morgan fingerprint density at radius 1 is 1.50 bits per heavy atom. The first kappa shape index (κ1) is 13.3. The van der Waals surface area contributed by atoms with Gasteiger partial charge in [-0.3, -0.25) is 14.1 Å². The Morgan fingerprint density at radius 3 is 2.89 bits per heavy atom. The molecule has 0 unspecified atom stereocenters. The van der Waals surface area contributed by atoms with E-state index in [1.807, 2.05) is 6.07 Å². The maximum atomic E-state index is 12.0. The van der Waals surface area contributed by atoms with Crippen molar-refractivity contribution < 1.29 is 9.18 Å². The molecule has 0 spiro atoms. The minimum Gasteiger partial charge on any atom is -0.380 e. The average molecular weight is 271 g/mol. The fourth-order valence-electron chi connectivity index (χ4n) is 2.08. The van der Waals surface area contributed by atoms with Crippen molar-refractivity contribution in [2.45, 2.75) is 12.5 Å². The van der Waals surface area contributed by atoms with Gasteiger partial charge in [0.05, 0.1) is 17.7 Å². The van der Waals surface area contributed by atoms with Crippen LogP contribution in [0.15, 0.2) is 18.2 Å². The second kappa shape index (κ2) is 6.16. The lowest BCUT2D eigenvalue weighted by molar-refractivity contribution is 0.112. The van der Waals surface area contributed by atoms with Crippen LogP contribution in [0, 0.1) is 0 Å². The number of nitrogens with zero attached hydrogens (tertiary/aromatic N) is 1. The van der Waals surface area contributed by atoms with Crippen molar-refractivity contribution >= 4 is 23.6 Å². The fraction of sp³-hybridized carbons (Fsp3) is 0.462. The van der Waals surface area contributed by atoms with E-state index < -0.39 is 0 Å². The summed E-state index contributed by atoms with van der Waals surface area (Å²) in [5, 5.41) is 3.80. The van der Waals surface area contributed by atoms with Crippen molar-refractivity contribution in [2.24, 2.45) is 0 Å². The molecule has 1 saturated heterocycles. The topological polar surface area (TPSA) is 32.3 Å². The molecule has 0 amide bonds. The third kappa shape index (κ3) is 3.21. The van der Waals surface area contributed by atoms with E-state index >= 15 is 0 Å². The summed E-state index contributed by atoms with van der Waals surface area (Å²) < 4.78 is 12.0. The van der Waals surface area contributed by atoms with Crippen LogP contribution in [0.3, 0.4) is 0 Å². The van der Waals surface area contributed by atoms with E-state index in [1.54, 1.807) is 12.1 Å². The summed E-state index contributed by atoms with van der Waals surface area (Å²) >= 11 is 5.95. The van der Waals surface area contributed by atoms with Crippen LogP contribution in [-0.2, 0) is 0 Å². The van der Waals surface area contributed by atoms with E-state index in [-0.39, 0.29) is 6.67 Å². The molecule has 0 radical (unpaired) electrons. The van der Waals surface area contributed by atoms with E-state index in [4.69, 9.17) is 11.6 Å². The number of likely N-dealkylation sites (tertiary alicyclic amines) is 1. The molecule has 0 bridgehead atoms. The molecular formula is C13H16ClFN2O. The second-order valence-electron chi connectivity index (χ2n) is 4.50. The van der Waals surface area contributed by atoms with E-state index in [2.05, 4.69) is 10.2 Å². The van der Waals surface area contributed by atoms with Gasteiger partial charge < -0.3 is 5.32 Å². The lowest BCUT2D eigenvalue weighted by Gasteiger charge is -2.40. The lowest BCUT2D eigenvalue weighted by Crippen LogP contribution is -2.54. The maximum Gasteiger partial charge on any atom is 0.151 e. The number of benzene rings is 1. The summed E-state index contributed by atoms with van der Waals surface area (Å²) in [5.74, 6) is 0. The SMILES string of the molecule is O=Cc1ccc(NC2CN(CCCF)C2)cc1Cl. The second-order valence-corrected chi connectivity index (χ2v) is 4.90. The van der Waals surface area contributed by atoms with Crippen molar-refractivity contribution in [3.63, 3.8) is 0 Å². The van der Waals surface area contributed by atoms with Crippen LogP contribution in [0.5, 0.6) is 0 Å². The summed E-state index contributed by atoms with van der Waals surface area (Å²) in [7, 11) is 0. The van der Waals surface area contributed by atoms with Crippen molar-refractivity contribution in [1.29, 1.82) is 0 Å². The molecule has 1 aromatic carbocycles. The molecule has 2 rings (SSSR count). The first-order valence-electron chi connectivity index (χ1n) is 6.02. The Balaban J connectivity index is 1.81. The van der Waals surface area contributed by atoms with E-state index in [0.29, 0.717) is 23.0 Å². The van der Waals surface area contributed by atoms with Gasteiger partial charge in [-0.15, -0.1) is 0 Å². The smallest absolute Gasteiger partial charge is 0.151 e. The number of hydrogen-bond donors (Lipinski definition) is 1. The van der Waals surface area contributed by atoms with Crippen LogP contribution in [-0.4, -0.2) is 43.5 Å². The summed E-state index contributed by atoms with van der Waals surface area (Å²) in [6, 6.07) is 5.69. The van der Waals surface area contributed by atoms with Gasteiger partial charge in [0.25, 0.3) is 0 Å². The number of rotatable bonds is 6. The van der Waals surface area contributed by atoms with Gasteiger partial charge in [0, 0.05) is 30.9 Å². The molecular weight excluding hydrogens is 255 g/mol. The molecule has 98 valence electrons. The quantitative estimate of drug-likeness (QED) is 0.807. The number of carbonyl (C=O) groups is 1. The van der Waals surface area contributed by atoms with Crippen LogP contribution < -0.4 is 5.32 Å². The summed E-state index contributed by atoms with van der Waals surface area (Å²) in [6.45, 7) is 2.41. The molecule has 1 aliphatic heterocycles. The van der Waals surface area contributed by atoms with Gasteiger partial charge in [-0.25, -0.2) is 0 Å². The number of halogens is 2. The normalized spacial score (nSPS) is 16.3. The van der Waals surface area contributed by atoms with Crippen LogP contribution in [0.1, 0.15) is 16.8 Å². The Kier molecular flexibility index (Phi) is 4.55. The van der Waals surface area contributed by atoms with Gasteiger partial charge in [0.1, 0.15) is 0 Å². The molecule has 3 nitrogen and oxygen atoms in total. The Labute approximate surface area is 111 Å². The number of anilines is 1. The van der Waals surface area contributed by atoms with Gasteiger partial charge in [-0.05, 0) is 24.6 Å². The highest BCUT2D eigenvalue weighted by Crippen LogP contribution is 2.22. The zero-order chi connectivity index (χ0) is 13.0. The Bertz CT molecular complexity index is 421. The molecule has 0 atom stereocenters. The van der Waals surface area contributed by atoms with Gasteiger partial charge >= 0.3 is 0 Å². The molecule has 1 aliphatic rings. The fourth-order valence-corrected chi connectivity index (χ4v) is 2.30. The van der Waals surface area contributed by atoms with Crippen molar-refractivity contribution in [3.05, 3.63) is 28.8 Å². The van der Waals surface area contributed by atoms with Crippen LogP contribution in [0.2, 0.25) is 5.02 Å². The molecule has 1 heterocycles. The standard InChI is InChI=1S/C13H16ClFN2O/c14-13-6-11(3-2-10(13)9-18)16-12-7-17(8-12)5-1-4-15/h2-3,6,9,12,16H,1,4-5,7-8H2. The summed E-state index contributed by atoms with van der Waals surface area (Å²) in [6.07, 6.45) is 1.35. The highest BCUT2D eigenvalue weighted by Gasteiger charge is 2.25. The largest absolute Gasteiger partial charge is 0.380 e. The third-order valence-electron chi connectivity index (χ3n) is 3.06. The molecule has 1 fully saturated rings. The minimum absolute atomic E-state index is 0.253. The number of hydrogen-bond acceptors (Lipinski definition) is 3. The highest BCUT2D eigenvalue weighted by atomic mass is 35.5. The maximum absolute atomic E-state index is 12.0. The van der Waals surface area contributed by atoms with Gasteiger partial charge in [0.2, 0.25) is 0 Å². The van der Waals surface area contributed by atoms with Gasteiger partial charge in [-0.2, -0.15) is 0 Å². The van der Waals surface area contributed by atoms with Crippen LogP contribution in [0.4, 0.5) is 10.1 Å². The van der Waals surface area contributed by atoms with Gasteiger partial charge in [0.15, 0.2) is 6.29 Å². The van der Waals surface area contributed by atoms with E-state index in [1.165, 1.54) is 0 Å². The minimum atomic E-state index is -0.253. The van der Waals surface area contributed by atoms with E-state index in [9.17, 15) is 9.18 Å². The predicted molar refractivity (Wildman–Crippen MR) is 71.3 cm³/mol. The molecule has 1 aromatic rings. The Morgan fingerprint density at radius 2 is 2.28 bits per heavy atom. The number of alkyl halides is 1. The predicted octanol–water partition coefficient (Wildman–Crippen LogP) is 2.61. The number of nitrogens with one attached hydrogen (secondary N) is 1. The van der Waals surface area contributed by atoms with Crippen LogP contribution >= 0.6 is 11.6 Å². The monoisotopic (exact) mass is 270 g/mol. The zero-order valence-corrected chi connectivity index (χ0v) is 10.8. The molecule has 0 saturated carbocycles. The molecule has 18 heavy (non-hydrogen) atoms. The lowest BCUT2D eigenvalue weighted by atomic mass is 10.1. The zero-order valence-electron chi connectivity index (χ0n) is 10.0. The molecule has 1 N–H and O–H groups in total. The number of aldehydes is 1. The van der Waals surface area contributed by atoms with Gasteiger partial charge in [-0.1, -0.05) is 11.6 Å². The molecule has 0 aromatic heterocycles. The Hall–Kier alpha value is -1.13. The van der Waals surface area contributed by atoms with Crippen molar-refractivity contribution in [3.8, 4) is 0 Å². The molecule has 0 aliphatic carbocycles. The van der Waals surface area contributed by atoms with Crippen molar-refractivity contribution in [1.82, 2.24) is 4.90 Å². The highest BCUT2D eigenvalue weighted by molar-refractivity contribution is 6.33. The molecule has 5 heteroatoms. The number of carbonyl (C=O) groups excluding carboxylic acids is 1. The third-order valence-corrected chi connectivity index (χ3v) is 3.39. The first-order valence-corrected chi connectivity index (χ1v) is 6.40. The van der Waals surface area contributed by atoms with Crippen molar-refractivity contribution in [2.75, 3.05) is 31.6 Å².